The van der Waals surface area contributed by atoms with Crippen molar-refractivity contribution in [2.45, 2.75) is 20.0 Å². The zero-order valence-electron chi connectivity index (χ0n) is 14.9. The van der Waals surface area contributed by atoms with Gasteiger partial charge in [-0.05, 0) is 43.7 Å². The number of nitrogens with one attached hydrogen (secondary N) is 1. The minimum atomic E-state index is -0.418. The van der Waals surface area contributed by atoms with Crippen LogP contribution in [-0.2, 0) is 4.74 Å². The zero-order chi connectivity index (χ0) is 18.5. The Balaban J connectivity index is 1.55. The molecule has 1 aliphatic heterocycles. The fourth-order valence-corrected chi connectivity index (χ4v) is 2.84. The van der Waals surface area contributed by atoms with Crippen LogP contribution in [0.3, 0.4) is 0 Å². The number of amides is 2. The molecule has 2 amide bonds. The van der Waals surface area contributed by atoms with Crippen LogP contribution < -0.4 is 10.1 Å². The number of benzene rings is 1. The highest BCUT2D eigenvalue weighted by Crippen LogP contribution is 2.17. The van der Waals surface area contributed by atoms with Gasteiger partial charge in [-0.3, -0.25) is 5.32 Å². The molecule has 26 heavy (non-hydrogen) atoms. The average Bonchev–Trinajstić information content (AvgIpc) is 2.60. The number of hydrogen-bond acceptors (Lipinski definition) is 4. The second-order valence-corrected chi connectivity index (χ2v) is 6.28. The van der Waals surface area contributed by atoms with Crippen LogP contribution in [0.25, 0.3) is 0 Å². The molecule has 0 spiro atoms. The van der Waals surface area contributed by atoms with Gasteiger partial charge in [-0.15, -0.1) is 0 Å². The maximum atomic E-state index is 13.6. The van der Waals surface area contributed by atoms with Crippen molar-refractivity contribution < 1.29 is 18.7 Å². The SMILES string of the molecule is Cc1cc(C)nc(NC(=O)N2CCOC(COc3ccccc3F)C2)c1. The summed E-state index contributed by atoms with van der Waals surface area (Å²) in [7, 11) is 0. The number of nitrogens with zero attached hydrogens (tertiary/aromatic N) is 2. The maximum absolute atomic E-state index is 13.6. The Morgan fingerprint density at radius 3 is 2.96 bits per heavy atom. The molecule has 1 N–H and O–H groups in total. The van der Waals surface area contributed by atoms with Crippen LogP contribution in [0.1, 0.15) is 11.3 Å². The number of urea groups is 1. The first-order valence-corrected chi connectivity index (χ1v) is 8.51. The number of ether oxygens (including phenoxy) is 2. The number of morpholine rings is 1. The molecule has 0 saturated carbocycles. The number of pyridine rings is 1. The predicted molar refractivity (Wildman–Crippen MR) is 95.9 cm³/mol. The Hall–Kier alpha value is -2.67. The molecule has 1 aromatic carbocycles. The number of aromatic nitrogens is 1. The molecule has 0 radical (unpaired) electrons. The number of halogens is 1. The standard InChI is InChI=1S/C19H22FN3O3/c1-13-9-14(2)21-18(10-13)22-19(24)23-7-8-25-15(11-23)12-26-17-6-4-3-5-16(17)20/h3-6,9-10,15H,7-8,11-12H2,1-2H3,(H,21,22,24). The van der Waals surface area contributed by atoms with Crippen LogP contribution >= 0.6 is 0 Å². The molecular formula is C19H22FN3O3. The van der Waals surface area contributed by atoms with Gasteiger partial charge in [0.15, 0.2) is 11.6 Å². The van der Waals surface area contributed by atoms with Gasteiger partial charge in [-0.25, -0.2) is 14.2 Å². The molecule has 1 aliphatic rings. The van der Waals surface area contributed by atoms with E-state index >= 15 is 0 Å². The van der Waals surface area contributed by atoms with Gasteiger partial charge in [-0.1, -0.05) is 12.1 Å². The molecule has 0 bridgehead atoms. The average molecular weight is 359 g/mol. The van der Waals surface area contributed by atoms with Crippen molar-refractivity contribution in [1.29, 1.82) is 0 Å². The summed E-state index contributed by atoms with van der Waals surface area (Å²) in [5, 5.41) is 2.82. The summed E-state index contributed by atoms with van der Waals surface area (Å²) in [6.45, 7) is 5.26. The predicted octanol–water partition coefficient (Wildman–Crippen LogP) is 3.15. The lowest BCUT2D eigenvalue weighted by atomic mass is 10.2. The first-order chi connectivity index (χ1) is 12.5. The van der Waals surface area contributed by atoms with E-state index in [2.05, 4.69) is 10.3 Å². The summed E-state index contributed by atoms with van der Waals surface area (Å²) in [6, 6.07) is 9.75. The van der Waals surface area contributed by atoms with E-state index in [1.54, 1.807) is 23.1 Å². The molecule has 2 heterocycles. The molecule has 1 atom stereocenters. The number of carbonyl (C=O) groups is 1. The molecule has 0 aliphatic carbocycles. The first kappa shape index (κ1) is 18.1. The minimum absolute atomic E-state index is 0.173. The summed E-state index contributed by atoms with van der Waals surface area (Å²) in [4.78, 5) is 18.5. The fraction of sp³-hybridized carbons (Fsp3) is 0.368. The van der Waals surface area contributed by atoms with Crippen LogP contribution in [-0.4, -0.2) is 48.3 Å². The quantitative estimate of drug-likeness (QED) is 0.911. The lowest BCUT2D eigenvalue weighted by Crippen LogP contribution is -2.49. The van der Waals surface area contributed by atoms with Crippen molar-refractivity contribution in [3.8, 4) is 5.75 Å². The van der Waals surface area contributed by atoms with Crippen molar-refractivity contribution >= 4 is 11.8 Å². The van der Waals surface area contributed by atoms with Crippen LogP contribution in [0.5, 0.6) is 5.75 Å². The molecule has 2 aromatic rings. The van der Waals surface area contributed by atoms with Crippen LogP contribution in [0.2, 0.25) is 0 Å². The summed E-state index contributed by atoms with van der Waals surface area (Å²) >= 11 is 0. The summed E-state index contributed by atoms with van der Waals surface area (Å²) in [5.74, 6) is 0.286. The van der Waals surface area contributed by atoms with E-state index in [1.807, 2.05) is 26.0 Å². The number of rotatable bonds is 4. The van der Waals surface area contributed by atoms with Gasteiger partial charge >= 0.3 is 6.03 Å². The highest BCUT2D eigenvalue weighted by molar-refractivity contribution is 5.88. The second kappa shape index (κ2) is 8.14. The van der Waals surface area contributed by atoms with E-state index in [4.69, 9.17) is 9.47 Å². The third-order valence-electron chi connectivity index (χ3n) is 4.02. The molecule has 1 fully saturated rings. The van der Waals surface area contributed by atoms with Crippen LogP contribution in [0, 0.1) is 19.7 Å². The molecular weight excluding hydrogens is 337 g/mol. The minimum Gasteiger partial charge on any atom is -0.488 e. The summed E-state index contributed by atoms with van der Waals surface area (Å²) in [6.07, 6.45) is -0.318. The monoisotopic (exact) mass is 359 g/mol. The Kier molecular flexibility index (Phi) is 5.68. The number of anilines is 1. The van der Waals surface area contributed by atoms with Gasteiger partial charge in [0, 0.05) is 12.2 Å². The topological polar surface area (TPSA) is 63.7 Å². The smallest absolute Gasteiger partial charge is 0.323 e. The normalized spacial score (nSPS) is 17.0. The molecule has 1 unspecified atom stereocenters. The lowest BCUT2D eigenvalue weighted by molar-refractivity contribution is -0.0342. The van der Waals surface area contributed by atoms with E-state index in [1.165, 1.54) is 6.07 Å². The fourth-order valence-electron chi connectivity index (χ4n) is 2.84. The van der Waals surface area contributed by atoms with Crippen LogP contribution in [0.4, 0.5) is 15.0 Å². The summed E-state index contributed by atoms with van der Waals surface area (Å²) < 4.78 is 24.7. The van der Waals surface area contributed by atoms with Crippen molar-refractivity contribution in [2.24, 2.45) is 0 Å². The van der Waals surface area contributed by atoms with Crippen molar-refractivity contribution in [3.05, 3.63) is 53.5 Å². The third kappa shape index (κ3) is 4.70. The van der Waals surface area contributed by atoms with Gasteiger partial charge in [0.05, 0.1) is 13.2 Å². The molecule has 1 saturated heterocycles. The lowest BCUT2D eigenvalue weighted by Gasteiger charge is -2.32. The highest BCUT2D eigenvalue weighted by atomic mass is 19.1. The Morgan fingerprint density at radius 1 is 1.38 bits per heavy atom. The Labute approximate surface area is 151 Å². The van der Waals surface area contributed by atoms with E-state index in [0.29, 0.717) is 25.5 Å². The first-order valence-electron chi connectivity index (χ1n) is 8.51. The molecule has 6 nitrogen and oxygen atoms in total. The summed E-state index contributed by atoms with van der Waals surface area (Å²) in [5.41, 5.74) is 1.88. The van der Waals surface area contributed by atoms with Gasteiger partial charge in [-0.2, -0.15) is 0 Å². The number of para-hydroxylation sites is 1. The van der Waals surface area contributed by atoms with Crippen molar-refractivity contribution in [1.82, 2.24) is 9.88 Å². The van der Waals surface area contributed by atoms with E-state index in [0.717, 1.165) is 11.3 Å². The van der Waals surface area contributed by atoms with E-state index < -0.39 is 5.82 Å². The molecule has 138 valence electrons. The van der Waals surface area contributed by atoms with E-state index in [-0.39, 0.29) is 24.5 Å². The number of hydrogen-bond donors (Lipinski definition) is 1. The second-order valence-electron chi connectivity index (χ2n) is 6.28. The molecule has 7 heteroatoms. The molecule has 3 rings (SSSR count). The largest absolute Gasteiger partial charge is 0.488 e. The third-order valence-corrected chi connectivity index (χ3v) is 4.02. The van der Waals surface area contributed by atoms with Gasteiger partial charge in [0.25, 0.3) is 0 Å². The highest BCUT2D eigenvalue weighted by Gasteiger charge is 2.25. The molecule has 1 aromatic heterocycles. The van der Waals surface area contributed by atoms with Gasteiger partial charge in [0.1, 0.15) is 18.5 Å². The number of carbonyl (C=O) groups excluding carboxylic acids is 1. The Bertz CT molecular complexity index is 764. The van der Waals surface area contributed by atoms with Crippen LogP contribution in [0.15, 0.2) is 36.4 Å². The maximum Gasteiger partial charge on any atom is 0.323 e. The Morgan fingerprint density at radius 2 is 2.19 bits per heavy atom. The van der Waals surface area contributed by atoms with Gasteiger partial charge in [0.2, 0.25) is 0 Å². The van der Waals surface area contributed by atoms with Crippen molar-refractivity contribution in [3.63, 3.8) is 0 Å². The van der Waals surface area contributed by atoms with E-state index in [9.17, 15) is 9.18 Å². The zero-order valence-corrected chi connectivity index (χ0v) is 14.9. The number of aryl methyl sites for hydroxylation is 2. The van der Waals surface area contributed by atoms with Gasteiger partial charge < -0.3 is 14.4 Å². The van der Waals surface area contributed by atoms with Crippen molar-refractivity contribution in [2.75, 3.05) is 31.6 Å².